The van der Waals surface area contributed by atoms with Gasteiger partial charge in [-0.1, -0.05) is 35.3 Å². The number of halogens is 3. The summed E-state index contributed by atoms with van der Waals surface area (Å²) >= 11 is 11.8. The van der Waals surface area contributed by atoms with Gasteiger partial charge in [-0.25, -0.2) is 14.2 Å². The Labute approximate surface area is 187 Å². The van der Waals surface area contributed by atoms with Crippen LogP contribution in [0.3, 0.4) is 0 Å². The number of nitrogens with one attached hydrogen (secondary N) is 2. The number of rotatable bonds is 4. The number of hydrogen-bond donors (Lipinski definition) is 2. The van der Waals surface area contributed by atoms with Crippen LogP contribution in [0.4, 0.5) is 20.6 Å². The summed E-state index contributed by atoms with van der Waals surface area (Å²) in [7, 11) is 1.57. The Kier molecular flexibility index (Phi) is 5.93. The molecule has 2 N–H and O–H groups in total. The molecule has 31 heavy (non-hydrogen) atoms. The minimum atomic E-state index is -0.557. The van der Waals surface area contributed by atoms with Gasteiger partial charge in [-0.15, -0.1) is 0 Å². The van der Waals surface area contributed by atoms with Gasteiger partial charge in [0, 0.05) is 33.4 Å². The number of ether oxygens (including phenoxy) is 1. The molecule has 0 aliphatic heterocycles. The van der Waals surface area contributed by atoms with Crippen LogP contribution in [-0.2, 0) is 0 Å². The number of pyridine rings is 1. The number of carbonyl (C=O) groups is 1. The summed E-state index contributed by atoms with van der Waals surface area (Å²) in [5.74, 6) is 0.0493. The van der Waals surface area contributed by atoms with Gasteiger partial charge in [0.05, 0.1) is 23.3 Å². The molecule has 0 aliphatic carbocycles. The van der Waals surface area contributed by atoms with Crippen LogP contribution < -0.4 is 15.4 Å². The van der Waals surface area contributed by atoms with Crippen molar-refractivity contribution in [3.05, 3.63) is 82.6 Å². The van der Waals surface area contributed by atoms with Crippen molar-refractivity contribution in [3.8, 4) is 17.0 Å². The minimum absolute atomic E-state index is 0.0742. The van der Waals surface area contributed by atoms with E-state index in [1.807, 2.05) is 24.3 Å². The van der Waals surface area contributed by atoms with Crippen molar-refractivity contribution in [1.82, 2.24) is 4.98 Å². The van der Waals surface area contributed by atoms with Crippen molar-refractivity contribution in [2.75, 3.05) is 17.7 Å². The number of anilines is 2. The molecule has 0 unspecified atom stereocenters. The highest BCUT2D eigenvalue weighted by Gasteiger charge is 2.11. The van der Waals surface area contributed by atoms with Crippen molar-refractivity contribution >= 4 is 51.5 Å². The summed E-state index contributed by atoms with van der Waals surface area (Å²) in [5, 5.41) is 6.62. The van der Waals surface area contributed by atoms with E-state index in [1.54, 1.807) is 31.4 Å². The van der Waals surface area contributed by atoms with E-state index in [0.29, 0.717) is 27.7 Å². The van der Waals surface area contributed by atoms with Gasteiger partial charge in [0.1, 0.15) is 11.6 Å². The molecule has 3 aromatic carbocycles. The Morgan fingerprint density at radius 2 is 1.71 bits per heavy atom. The van der Waals surface area contributed by atoms with Gasteiger partial charge >= 0.3 is 6.03 Å². The molecule has 0 radical (unpaired) electrons. The van der Waals surface area contributed by atoms with Gasteiger partial charge in [-0.05, 0) is 48.5 Å². The lowest BCUT2D eigenvalue weighted by atomic mass is 10.1. The van der Waals surface area contributed by atoms with E-state index in [9.17, 15) is 9.18 Å². The average molecular weight is 456 g/mol. The molecule has 4 rings (SSSR count). The quantitative estimate of drug-likeness (QED) is 0.348. The van der Waals surface area contributed by atoms with Crippen LogP contribution in [0.15, 0.2) is 66.7 Å². The molecule has 4 aromatic rings. The molecule has 0 aliphatic rings. The predicted octanol–water partition coefficient (Wildman–Crippen LogP) is 7.00. The number of amides is 2. The standard InChI is InChI=1S/C23H16Cl2FN3O2/c1-31-22-12-21(13-3-2-4-14(24)9-13)29-20-8-6-15(10-17(20)22)27-23(30)28-16-5-7-19(26)18(25)11-16/h2-12H,1H3,(H2,27,28,30). The van der Waals surface area contributed by atoms with Crippen LogP contribution in [0.2, 0.25) is 10.0 Å². The Bertz CT molecular complexity index is 1300. The van der Waals surface area contributed by atoms with E-state index >= 15 is 0 Å². The van der Waals surface area contributed by atoms with Gasteiger partial charge in [0.25, 0.3) is 0 Å². The predicted molar refractivity (Wildman–Crippen MR) is 123 cm³/mol. The number of fused-ring (bicyclic) bond motifs is 1. The van der Waals surface area contributed by atoms with Gasteiger partial charge < -0.3 is 15.4 Å². The van der Waals surface area contributed by atoms with Crippen LogP contribution in [0, 0.1) is 5.82 Å². The third-order valence-corrected chi connectivity index (χ3v) is 5.07. The van der Waals surface area contributed by atoms with E-state index in [1.165, 1.54) is 18.2 Å². The van der Waals surface area contributed by atoms with Gasteiger partial charge in [-0.3, -0.25) is 0 Å². The minimum Gasteiger partial charge on any atom is -0.496 e. The molecule has 0 spiro atoms. The van der Waals surface area contributed by atoms with Crippen molar-refractivity contribution < 1.29 is 13.9 Å². The first-order valence-corrected chi connectivity index (χ1v) is 9.96. The van der Waals surface area contributed by atoms with Crippen LogP contribution in [0.1, 0.15) is 0 Å². The fourth-order valence-electron chi connectivity index (χ4n) is 3.10. The zero-order valence-corrected chi connectivity index (χ0v) is 17.8. The van der Waals surface area contributed by atoms with Crippen LogP contribution in [0.25, 0.3) is 22.2 Å². The summed E-state index contributed by atoms with van der Waals surface area (Å²) in [4.78, 5) is 17.0. The molecule has 0 saturated carbocycles. The van der Waals surface area contributed by atoms with Gasteiger partial charge in [-0.2, -0.15) is 0 Å². The molecule has 0 atom stereocenters. The summed E-state index contributed by atoms with van der Waals surface area (Å²) in [6.07, 6.45) is 0. The molecule has 1 aromatic heterocycles. The number of aromatic nitrogens is 1. The Balaban J connectivity index is 1.60. The lowest BCUT2D eigenvalue weighted by molar-refractivity contribution is 0.262. The second-order valence-corrected chi connectivity index (χ2v) is 7.50. The number of urea groups is 1. The second-order valence-electron chi connectivity index (χ2n) is 6.66. The molecule has 156 valence electrons. The van der Waals surface area contributed by atoms with Gasteiger partial charge in [0.2, 0.25) is 0 Å². The summed E-state index contributed by atoms with van der Waals surface area (Å²) < 4.78 is 18.8. The fraction of sp³-hybridized carbons (Fsp3) is 0.0435. The second kappa shape index (κ2) is 8.79. The average Bonchev–Trinajstić information content (AvgIpc) is 2.75. The summed E-state index contributed by atoms with van der Waals surface area (Å²) in [5.41, 5.74) is 3.19. The third-order valence-electron chi connectivity index (χ3n) is 4.55. The highest BCUT2D eigenvalue weighted by atomic mass is 35.5. The van der Waals surface area contributed by atoms with Crippen LogP contribution >= 0.6 is 23.2 Å². The number of methoxy groups -OCH3 is 1. The Hall–Kier alpha value is -3.35. The zero-order valence-electron chi connectivity index (χ0n) is 16.2. The Morgan fingerprint density at radius 3 is 2.42 bits per heavy atom. The first-order chi connectivity index (χ1) is 14.9. The summed E-state index contributed by atoms with van der Waals surface area (Å²) in [6, 6.07) is 17.9. The molecule has 0 bridgehead atoms. The zero-order chi connectivity index (χ0) is 22.0. The molecule has 0 fully saturated rings. The maximum absolute atomic E-state index is 13.3. The molecule has 1 heterocycles. The highest BCUT2D eigenvalue weighted by Crippen LogP contribution is 2.32. The molecular weight excluding hydrogens is 440 g/mol. The van der Waals surface area contributed by atoms with E-state index in [4.69, 9.17) is 27.9 Å². The van der Waals surface area contributed by atoms with Crippen molar-refractivity contribution in [2.45, 2.75) is 0 Å². The summed E-state index contributed by atoms with van der Waals surface area (Å²) in [6.45, 7) is 0. The van der Waals surface area contributed by atoms with Crippen LogP contribution in [0.5, 0.6) is 5.75 Å². The number of nitrogens with zero attached hydrogens (tertiary/aromatic N) is 1. The van der Waals surface area contributed by atoms with Crippen molar-refractivity contribution in [1.29, 1.82) is 0 Å². The SMILES string of the molecule is COc1cc(-c2cccc(Cl)c2)nc2ccc(NC(=O)Nc3ccc(F)c(Cl)c3)cc12. The molecule has 8 heteroatoms. The van der Waals surface area contributed by atoms with E-state index < -0.39 is 11.8 Å². The van der Waals surface area contributed by atoms with Crippen molar-refractivity contribution in [2.24, 2.45) is 0 Å². The number of carbonyl (C=O) groups excluding carboxylic acids is 1. The maximum atomic E-state index is 13.3. The molecule has 5 nitrogen and oxygen atoms in total. The van der Waals surface area contributed by atoms with Crippen molar-refractivity contribution in [3.63, 3.8) is 0 Å². The monoisotopic (exact) mass is 455 g/mol. The van der Waals surface area contributed by atoms with E-state index in [2.05, 4.69) is 15.6 Å². The highest BCUT2D eigenvalue weighted by molar-refractivity contribution is 6.31. The van der Waals surface area contributed by atoms with Crippen LogP contribution in [-0.4, -0.2) is 18.1 Å². The largest absolute Gasteiger partial charge is 0.496 e. The molecule has 0 saturated heterocycles. The first kappa shape index (κ1) is 20.9. The van der Waals surface area contributed by atoms with E-state index in [0.717, 1.165) is 16.6 Å². The third kappa shape index (κ3) is 4.71. The lowest BCUT2D eigenvalue weighted by Gasteiger charge is -2.12. The normalized spacial score (nSPS) is 10.7. The number of hydrogen-bond acceptors (Lipinski definition) is 3. The van der Waals surface area contributed by atoms with E-state index in [-0.39, 0.29) is 5.02 Å². The smallest absolute Gasteiger partial charge is 0.323 e. The fourth-order valence-corrected chi connectivity index (χ4v) is 3.48. The maximum Gasteiger partial charge on any atom is 0.323 e. The Morgan fingerprint density at radius 1 is 0.968 bits per heavy atom. The topological polar surface area (TPSA) is 63.2 Å². The molecular formula is C23H16Cl2FN3O2. The molecule has 2 amide bonds. The first-order valence-electron chi connectivity index (χ1n) is 9.21. The number of benzene rings is 3. The van der Waals surface area contributed by atoms with Gasteiger partial charge in [0.15, 0.2) is 0 Å². The lowest BCUT2D eigenvalue weighted by Crippen LogP contribution is -2.19.